The van der Waals surface area contributed by atoms with E-state index in [-0.39, 0.29) is 11.8 Å². The van der Waals surface area contributed by atoms with Crippen molar-refractivity contribution in [2.24, 2.45) is 0 Å². The Labute approximate surface area is 156 Å². The van der Waals surface area contributed by atoms with Gasteiger partial charge in [-0.1, -0.05) is 17.7 Å². The summed E-state index contributed by atoms with van der Waals surface area (Å²) in [6.07, 6.45) is 3.01. The van der Waals surface area contributed by atoms with Crippen LogP contribution in [0, 0.1) is 0 Å². The van der Waals surface area contributed by atoms with Crippen LogP contribution in [0.5, 0.6) is 11.5 Å². The van der Waals surface area contributed by atoms with E-state index >= 15 is 0 Å². The van der Waals surface area contributed by atoms with Crippen LogP contribution in [-0.2, 0) is 9.59 Å². The lowest BCUT2D eigenvalue weighted by atomic mass is 10.2. The van der Waals surface area contributed by atoms with Gasteiger partial charge in [0, 0.05) is 18.0 Å². The van der Waals surface area contributed by atoms with Crippen LogP contribution < -0.4 is 20.1 Å². The van der Waals surface area contributed by atoms with Crippen LogP contribution in [0.3, 0.4) is 0 Å². The van der Waals surface area contributed by atoms with Crippen LogP contribution in [-0.4, -0.2) is 26.0 Å². The predicted octanol–water partition coefficient (Wildman–Crippen LogP) is 3.97. The monoisotopic (exact) mass is 374 g/mol. The Morgan fingerprint density at radius 1 is 0.962 bits per heavy atom. The molecule has 0 fully saturated rings. The van der Waals surface area contributed by atoms with Gasteiger partial charge in [-0.2, -0.15) is 0 Å². The molecule has 0 unspecified atom stereocenters. The third kappa shape index (κ3) is 5.26. The SMILES string of the molecule is COc1ccc(/C=C/C(=O)Nc2cc(Cl)ccc2NC(C)=O)cc1OC. The first-order valence-corrected chi connectivity index (χ1v) is 8.09. The van der Waals surface area contributed by atoms with Crippen LogP contribution in [0.25, 0.3) is 6.08 Å². The number of carbonyl (C=O) groups is 2. The maximum absolute atomic E-state index is 12.2. The quantitative estimate of drug-likeness (QED) is 0.750. The number of anilines is 2. The Hall–Kier alpha value is -2.99. The summed E-state index contributed by atoms with van der Waals surface area (Å²) >= 11 is 5.96. The molecule has 0 heterocycles. The van der Waals surface area contributed by atoms with Gasteiger partial charge in [-0.3, -0.25) is 9.59 Å². The third-order valence-corrected chi connectivity index (χ3v) is 3.62. The summed E-state index contributed by atoms with van der Waals surface area (Å²) in [5.74, 6) is 0.558. The number of benzene rings is 2. The molecule has 0 saturated heterocycles. The Balaban J connectivity index is 2.15. The number of nitrogens with one attached hydrogen (secondary N) is 2. The second kappa shape index (κ2) is 8.92. The highest BCUT2D eigenvalue weighted by molar-refractivity contribution is 6.31. The minimum atomic E-state index is -0.367. The van der Waals surface area contributed by atoms with Gasteiger partial charge in [0.25, 0.3) is 0 Å². The highest BCUT2D eigenvalue weighted by Gasteiger charge is 2.08. The average Bonchev–Trinajstić information content (AvgIpc) is 2.61. The molecule has 2 rings (SSSR count). The summed E-state index contributed by atoms with van der Waals surface area (Å²) in [4.78, 5) is 23.5. The number of methoxy groups -OCH3 is 2. The van der Waals surface area contributed by atoms with Crippen LogP contribution in [0.1, 0.15) is 12.5 Å². The highest BCUT2D eigenvalue weighted by atomic mass is 35.5. The molecular formula is C19H19ClN2O4. The Morgan fingerprint density at radius 3 is 2.35 bits per heavy atom. The summed E-state index contributed by atoms with van der Waals surface area (Å²) in [6.45, 7) is 1.39. The van der Waals surface area contributed by atoms with Crippen molar-refractivity contribution in [1.29, 1.82) is 0 Å². The molecule has 2 N–H and O–H groups in total. The van der Waals surface area contributed by atoms with Crippen LogP contribution in [0.4, 0.5) is 11.4 Å². The number of amides is 2. The van der Waals surface area contributed by atoms with E-state index in [0.717, 1.165) is 5.56 Å². The summed E-state index contributed by atoms with van der Waals surface area (Å²) in [7, 11) is 3.10. The van der Waals surface area contributed by atoms with Crippen molar-refractivity contribution in [3.63, 3.8) is 0 Å². The zero-order chi connectivity index (χ0) is 19.1. The number of halogens is 1. The third-order valence-electron chi connectivity index (χ3n) is 3.38. The molecule has 7 heteroatoms. The van der Waals surface area contributed by atoms with Crippen LogP contribution in [0.2, 0.25) is 5.02 Å². The van der Waals surface area contributed by atoms with Gasteiger partial charge >= 0.3 is 0 Å². The molecule has 0 aliphatic heterocycles. The highest BCUT2D eigenvalue weighted by Crippen LogP contribution is 2.28. The maximum Gasteiger partial charge on any atom is 0.248 e. The largest absolute Gasteiger partial charge is 0.493 e. The van der Waals surface area contributed by atoms with Gasteiger partial charge in [0.05, 0.1) is 25.6 Å². The van der Waals surface area contributed by atoms with Crippen LogP contribution >= 0.6 is 11.6 Å². The van der Waals surface area contributed by atoms with E-state index in [4.69, 9.17) is 21.1 Å². The van der Waals surface area contributed by atoms with E-state index in [1.54, 1.807) is 56.7 Å². The molecule has 26 heavy (non-hydrogen) atoms. The molecule has 0 aliphatic carbocycles. The second-order valence-electron chi connectivity index (χ2n) is 5.31. The Morgan fingerprint density at radius 2 is 1.69 bits per heavy atom. The van der Waals surface area contributed by atoms with Gasteiger partial charge in [0.2, 0.25) is 11.8 Å². The van der Waals surface area contributed by atoms with E-state index in [9.17, 15) is 9.59 Å². The van der Waals surface area contributed by atoms with E-state index in [0.29, 0.717) is 27.9 Å². The first-order chi connectivity index (χ1) is 12.4. The molecule has 0 atom stereocenters. The fraction of sp³-hybridized carbons (Fsp3) is 0.158. The number of rotatable bonds is 6. The lowest BCUT2D eigenvalue weighted by molar-refractivity contribution is -0.114. The van der Waals surface area contributed by atoms with Gasteiger partial charge in [0.1, 0.15) is 0 Å². The molecule has 6 nitrogen and oxygen atoms in total. The van der Waals surface area contributed by atoms with Gasteiger partial charge in [-0.25, -0.2) is 0 Å². The molecule has 0 bridgehead atoms. The van der Waals surface area contributed by atoms with Gasteiger partial charge in [0.15, 0.2) is 11.5 Å². The fourth-order valence-corrected chi connectivity index (χ4v) is 2.39. The molecule has 0 spiro atoms. The predicted molar refractivity (Wildman–Crippen MR) is 103 cm³/mol. The number of ether oxygens (including phenoxy) is 2. The first kappa shape index (κ1) is 19.3. The summed E-state index contributed by atoms with van der Waals surface area (Å²) in [6, 6.07) is 10.1. The minimum Gasteiger partial charge on any atom is -0.493 e. The van der Waals surface area contributed by atoms with Crippen molar-refractivity contribution >= 4 is 40.9 Å². The van der Waals surface area contributed by atoms with Crippen molar-refractivity contribution < 1.29 is 19.1 Å². The zero-order valence-corrected chi connectivity index (χ0v) is 15.4. The normalized spacial score (nSPS) is 10.5. The van der Waals surface area contributed by atoms with Crippen molar-refractivity contribution in [3.05, 3.63) is 53.1 Å². The van der Waals surface area contributed by atoms with Gasteiger partial charge in [-0.05, 0) is 42.0 Å². The first-order valence-electron chi connectivity index (χ1n) is 7.71. The topological polar surface area (TPSA) is 76.7 Å². The van der Waals surface area contributed by atoms with Gasteiger partial charge in [-0.15, -0.1) is 0 Å². The van der Waals surface area contributed by atoms with Crippen molar-refractivity contribution in [2.45, 2.75) is 6.92 Å². The number of hydrogen-bond acceptors (Lipinski definition) is 4. The van der Waals surface area contributed by atoms with E-state index in [1.165, 1.54) is 13.0 Å². The fourth-order valence-electron chi connectivity index (χ4n) is 2.22. The Kier molecular flexibility index (Phi) is 6.63. The van der Waals surface area contributed by atoms with Gasteiger partial charge < -0.3 is 20.1 Å². The molecule has 0 aromatic heterocycles. The van der Waals surface area contributed by atoms with E-state index in [2.05, 4.69) is 10.6 Å². The van der Waals surface area contributed by atoms with Crippen molar-refractivity contribution in [1.82, 2.24) is 0 Å². The van der Waals surface area contributed by atoms with E-state index in [1.807, 2.05) is 0 Å². The molecule has 2 amide bonds. The standard InChI is InChI=1S/C19H19ClN2O4/c1-12(23)21-15-7-6-14(20)11-16(15)22-19(24)9-5-13-4-8-17(25-2)18(10-13)26-3/h4-11H,1-3H3,(H,21,23)(H,22,24)/b9-5+. The smallest absolute Gasteiger partial charge is 0.248 e. The van der Waals surface area contributed by atoms with Crippen LogP contribution in [0.15, 0.2) is 42.5 Å². The summed E-state index contributed by atoms with van der Waals surface area (Å²) < 4.78 is 10.4. The zero-order valence-electron chi connectivity index (χ0n) is 14.6. The number of hydrogen-bond donors (Lipinski definition) is 2. The average molecular weight is 375 g/mol. The van der Waals surface area contributed by atoms with E-state index < -0.39 is 0 Å². The summed E-state index contributed by atoms with van der Waals surface area (Å²) in [5.41, 5.74) is 1.65. The molecule has 2 aromatic rings. The Bertz CT molecular complexity index is 849. The molecule has 0 aliphatic rings. The molecular weight excluding hydrogens is 356 g/mol. The minimum absolute atomic E-state index is 0.247. The maximum atomic E-state index is 12.2. The van der Waals surface area contributed by atoms with Crippen molar-refractivity contribution in [2.75, 3.05) is 24.9 Å². The van der Waals surface area contributed by atoms with Crippen molar-refractivity contribution in [3.8, 4) is 11.5 Å². The molecule has 0 radical (unpaired) electrons. The molecule has 0 saturated carbocycles. The molecule has 136 valence electrons. The molecule has 2 aromatic carbocycles. The lowest BCUT2D eigenvalue weighted by Crippen LogP contribution is -2.13. The number of carbonyl (C=O) groups excluding carboxylic acids is 2. The summed E-state index contributed by atoms with van der Waals surface area (Å²) in [5, 5.41) is 5.78. The lowest BCUT2D eigenvalue weighted by Gasteiger charge is -2.11. The second-order valence-corrected chi connectivity index (χ2v) is 5.74.